The fourth-order valence-electron chi connectivity index (χ4n) is 2.67. The maximum atomic E-state index is 12.1. The zero-order chi connectivity index (χ0) is 18.4. The Labute approximate surface area is 177 Å². The lowest BCUT2D eigenvalue weighted by Crippen LogP contribution is -2.43. The number of rotatable bonds is 6. The van der Waals surface area contributed by atoms with Gasteiger partial charge in [-0.1, -0.05) is 6.07 Å². The van der Waals surface area contributed by atoms with Crippen LogP contribution < -0.4 is 20.1 Å². The number of nitrogens with zero attached hydrogens (tertiary/aromatic N) is 1. The van der Waals surface area contributed by atoms with Gasteiger partial charge in [-0.3, -0.25) is 4.79 Å². The highest BCUT2D eigenvalue weighted by Gasteiger charge is 2.17. The normalized spacial score (nSPS) is 15.6. The topological polar surface area (TPSA) is 81.7 Å². The van der Waals surface area contributed by atoms with Gasteiger partial charge < -0.3 is 24.8 Å². The predicted octanol–water partition coefficient (Wildman–Crippen LogP) is 3.35. The van der Waals surface area contributed by atoms with Crippen LogP contribution in [0.3, 0.4) is 0 Å². The van der Waals surface area contributed by atoms with E-state index in [0.29, 0.717) is 42.7 Å². The molecule has 2 aromatic rings. The van der Waals surface area contributed by atoms with E-state index in [9.17, 15) is 4.79 Å². The monoisotopic (exact) mass is 429 g/mol. The first kappa shape index (κ1) is 24.0. The van der Waals surface area contributed by atoms with Crippen molar-refractivity contribution in [3.8, 4) is 17.4 Å². The van der Waals surface area contributed by atoms with E-state index in [0.717, 1.165) is 12.1 Å². The maximum Gasteiger partial charge on any atom is 0.226 e. The number of benzene rings is 1. The summed E-state index contributed by atoms with van der Waals surface area (Å²) in [6, 6.07) is 9.18. The largest absolute Gasteiger partial charge is 0.493 e. The molecular formula is C19H25Cl2N3O4. The molecule has 1 atom stereocenters. The maximum absolute atomic E-state index is 12.1. The van der Waals surface area contributed by atoms with E-state index in [2.05, 4.69) is 15.6 Å². The molecule has 1 amide bonds. The molecule has 0 spiro atoms. The lowest BCUT2D eigenvalue weighted by atomic mass is 10.2. The zero-order valence-electron chi connectivity index (χ0n) is 15.8. The second kappa shape index (κ2) is 11.7. The fraction of sp³-hybridized carbons (Fsp3) is 0.368. The van der Waals surface area contributed by atoms with Gasteiger partial charge in [0.1, 0.15) is 0 Å². The van der Waals surface area contributed by atoms with Gasteiger partial charge in [0.05, 0.1) is 32.2 Å². The summed E-state index contributed by atoms with van der Waals surface area (Å²) in [6.07, 6.45) is 1.93. The van der Waals surface area contributed by atoms with E-state index in [1.54, 1.807) is 25.4 Å². The Balaban J connectivity index is 0.00000196. The van der Waals surface area contributed by atoms with E-state index in [-0.39, 0.29) is 36.8 Å². The number of hydrogen-bond donors (Lipinski definition) is 2. The van der Waals surface area contributed by atoms with Gasteiger partial charge >= 0.3 is 0 Å². The molecule has 1 fully saturated rings. The van der Waals surface area contributed by atoms with E-state index in [1.807, 2.05) is 25.1 Å². The van der Waals surface area contributed by atoms with E-state index >= 15 is 0 Å². The average Bonchev–Trinajstić information content (AvgIpc) is 2.65. The zero-order valence-corrected chi connectivity index (χ0v) is 17.4. The summed E-state index contributed by atoms with van der Waals surface area (Å²) in [5, 5.41) is 6.09. The first-order valence-corrected chi connectivity index (χ1v) is 8.53. The minimum atomic E-state index is -0.0799. The second-order valence-corrected chi connectivity index (χ2v) is 6.12. The quantitative estimate of drug-likeness (QED) is 0.732. The predicted molar refractivity (Wildman–Crippen MR) is 112 cm³/mol. The first-order chi connectivity index (χ1) is 12.6. The lowest BCUT2D eigenvalue weighted by Gasteiger charge is -2.23. The Hall–Kier alpha value is -2.06. The molecule has 0 radical (unpaired) electrons. The van der Waals surface area contributed by atoms with Crippen molar-refractivity contribution < 1.29 is 19.0 Å². The van der Waals surface area contributed by atoms with Crippen LogP contribution in [0.5, 0.6) is 17.4 Å². The highest BCUT2D eigenvalue weighted by molar-refractivity contribution is 5.91. The van der Waals surface area contributed by atoms with Crippen LogP contribution in [-0.2, 0) is 9.53 Å². The molecule has 1 saturated heterocycles. The molecular weight excluding hydrogens is 405 g/mol. The Morgan fingerprint density at radius 1 is 1.29 bits per heavy atom. The number of carbonyl (C=O) groups is 1. The fourth-order valence-corrected chi connectivity index (χ4v) is 2.67. The third kappa shape index (κ3) is 6.83. The van der Waals surface area contributed by atoms with Crippen molar-refractivity contribution in [2.24, 2.45) is 0 Å². The number of carbonyl (C=O) groups excluding carboxylic acids is 1. The molecule has 7 nitrogen and oxygen atoms in total. The minimum absolute atomic E-state index is 0. The van der Waals surface area contributed by atoms with Crippen molar-refractivity contribution in [2.45, 2.75) is 19.4 Å². The molecule has 0 aliphatic carbocycles. The first-order valence-electron chi connectivity index (χ1n) is 8.53. The molecule has 1 aliphatic rings. The summed E-state index contributed by atoms with van der Waals surface area (Å²) in [5.41, 5.74) is 1.70. The van der Waals surface area contributed by atoms with Gasteiger partial charge in [0, 0.05) is 25.1 Å². The molecule has 0 bridgehead atoms. The van der Waals surface area contributed by atoms with Crippen molar-refractivity contribution in [3.63, 3.8) is 0 Å². The molecule has 3 rings (SSSR count). The molecule has 0 saturated carbocycles. The Bertz CT molecular complexity index is 753. The van der Waals surface area contributed by atoms with E-state index < -0.39 is 0 Å². The molecule has 1 aromatic carbocycles. The number of aromatic nitrogens is 1. The number of methoxy groups -OCH3 is 1. The van der Waals surface area contributed by atoms with Gasteiger partial charge in [-0.05, 0) is 30.7 Å². The second-order valence-electron chi connectivity index (χ2n) is 6.12. The molecule has 1 aromatic heterocycles. The van der Waals surface area contributed by atoms with Crippen molar-refractivity contribution in [1.82, 2.24) is 10.3 Å². The third-order valence-electron chi connectivity index (χ3n) is 3.98. The number of amides is 1. The summed E-state index contributed by atoms with van der Waals surface area (Å²) in [4.78, 5) is 16.3. The number of hydrogen-bond acceptors (Lipinski definition) is 6. The van der Waals surface area contributed by atoms with Crippen molar-refractivity contribution in [1.29, 1.82) is 0 Å². The molecule has 2 heterocycles. The number of pyridine rings is 1. The smallest absolute Gasteiger partial charge is 0.226 e. The number of halogens is 2. The van der Waals surface area contributed by atoms with Crippen LogP contribution in [0, 0.1) is 6.92 Å². The SMILES string of the molecule is COc1cc(C)ccc1Oc1ccc(NC(=O)CC2COCCN2)cn1.Cl.Cl. The Kier molecular flexibility index (Phi) is 10.0. The summed E-state index contributed by atoms with van der Waals surface area (Å²) in [6.45, 7) is 4.00. The Morgan fingerprint density at radius 3 is 2.75 bits per heavy atom. The standard InChI is InChI=1S/C19H23N3O4.2ClH/c1-13-3-5-16(17(9-13)24-2)26-19-6-4-14(11-21-19)22-18(23)10-15-12-25-8-7-20-15;;/h3-6,9,11,15,20H,7-8,10,12H2,1-2H3,(H,22,23);2*1H. The Morgan fingerprint density at radius 2 is 2.11 bits per heavy atom. The highest BCUT2D eigenvalue weighted by Crippen LogP contribution is 2.31. The van der Waals surface area contributed by atoms with Crippen LogP contribution in [0.1, 0.15) is 12.0 Å². The average molecular weight is 430 g/mol. The van der Waals surface area contributed by atoms with Crippen LogP contribution in [0.2, 0.25) is 0 Å². The van der Waals surface area contributed by atoms with Crippen molar-refractivity contribution >= 4 is 36.4 Å². The third-order valence-corrected chi connectivity index (χ3v) is 3.98. The lowest BCUT2D eigenvalue weighted by molar-refractivity contribution is -0.117. The highest BCUT2D eigenvalue weighted by atomic mass is 35.5. The van der Waals surface area contributed by atoms with Crippen molar-refractivity contribution in [2.75, 3.05) is 32.2 Å². The van der Waals surface area contributed by atoms with E-state index in [1.165, 1.54) is 0 Å². The number of nitrogens with one attached hydrogen (secondary N) is 2. The molecule has 2 N–H and O–H groups in total. The number of anilines is 1. The van der Waals surface area contributed by atoms with Gasteiger partial charge in [0.25, 0.3) is 0 Å². The number of ether oxygens (including phenoxy) is 3. The molecule has 28 heavy (non-hydrogen) atoms. The number of aryl methyl sites for hydroxylation is 1. The summed E-state index contributed by atoms with van der Waals surface area (Å²) >= 11 is 0. The van der Waals surface area contributed by atoms with Crippen LogP contribution >= 0.6 is 24.8 Å². The van der Waals surface area contributed by atoms with Gasteiger partial charge in [-0.2, -0.15) is 0 Å². The van der Waals surface area contributed by atoms with Gasteiger partial charge in [-0.25, -0.2) is 4.98 Å². The van der Waals surface area contributed by atoms with Crippen LogP contribution in [0.4, 0.5) is 5.69 Å². The van der Waals surface area contributed by atoms with Crippen molar-refractivity contribution in [3.05, 3.63) is 42.1 Å². The summed E-state index contributed by atoms with van der Waals surface area (Å²) < 4.78 is 16.4. The van der Waals surface area contributed by atoms with Crippen LogP contribution in [0.25, 0.3) is 0 Å². The van der Waals surface area contributed by atoms with Gasteiger partial charge in [0.15, 0.2) is 11.5 Å². The van der Waals surface area contributed by atoms with Crippen LogP contribution in [0.15, 0.2) is 36.5 Å². The minimum Gasteiger partial charge on any atom is -0.493 e. The van der Waals surface area contributed by atoms with Gasteiger partial charge in [0.2, 0.25) is 11.8 Å². The van der Waals surface area contributed by atoms with Gasteiger partial charge in [-0.15, -0.1) is 24.8 Å². The summed E-state index contributed by atoms with van der Waals surface area (Å²) in [5.74, 6) is 1.58. The summed E-state index contributed by atoms with van der Waals surface area (Å²) in [7, 11) is 1.60. The van der Waals surface area contributed by atoms with Crippen LogP contribution in [-0.4, -0.2) is 43.8 Å². The molecule has 154 valence electrons. The van der Waals surface area contributed by atoms with E-state index in [4.69, 9.17) is 14.2 Å². The molecule has 1 unspecified atom stereocenters. The molecule has 9 heteroatoms. The number of morpholine rings is 1. The molecule has 1 aliphatic heterocycles.